The number of rotatable bonds is 4. The summed E-state index contributed by atoms with van der Waals surface area (Å²) < 4.78 is 0. The number of nitrogens with one attached hydrogen (secondary N) is 1. The molecule has 0 spiro atoms. The predicted octanol–water partition coefficient (Wildman–Crippen LogP) is 2.41. The zero-order valence-corrected chi connectivity index (χ0v) is 15.2. The Bertz CT molecular complexity index is 593. The molecule has 3 rings (SSSR count). The lowest BCUT2D eigenvalue weighted by Crippen LogP contribution is -2.43. The lowest BCUT2D eigenvalue weighted by molar-refractivity contribution is -0.119. The van der Waals surface area contributed by atoms with Crippen LogP contribution in [0.25, 0.3) is 0 Å². The normalized spacial score (nSPS) is 21.8. The first-order chi connectivity index (χ1) is 12.1. The van der Waals surface area contributed by atoms with Crippen molar-refractivity contribution < 1.29 is 9.59 Å². The highest BCUT2D eigenvalue weighted by Gasteiger charge is 2.28. The molecule has 0 aliphatic carbocycles. The number of likely N-dealkylation sites (tertiary alicyclic amines) is 2. The van der Waals surface area contributed by atoms with E-state index in [2.05, 4.69) is 10.2 Å². The van der Waals surface area contributed by atoms with E-state index in [1.54, 1.807) is 0 Å². The summed E-state index contributed by atoms with van der Waals surface area (Å²) in [6, 6.07) is 8.15. The molecule has 0 radical (unpaired) electrons. The van der Waals surface area contributed by atoms with Gasteiger partial charge in [-0.2, -0.15) is 0 Å². The predicted molar refractivity (Wildman–Crippen MR) is 98.3 cm³/mol. The van der Waals surface area contributed by atoms with Crippen molar-refractivity contribution in [1.29, 1.82) is 0 Å². The van der Waals surface area contributed by atoms with E-state index in [9.17, 15) is 9.59 Å². The smallest absolute Gasteiger partial charge is 0.253 e. The Hall–Kier alpha value is -1.88. The molecule has 0 saturated carbocycles. The SMILES string of the molecule is CC(=O)NCc1ccc(C(=O)N2CCCC[C@@H](N3CCCC3)C2)cc1. The maximum atomic E-state index is 12.9. The van der Waals surface area contributed by atoms with Crippen molar-refractivity contribution in [3.63, 3.8) is 0 Å². The van der Waals surface area contributed by atoms with Gasteiger partial charge in [-0.1, -0.05) is 18.6 Å². The quantitative estimate of drug-likeness (QED) is 0.913. The van der Waals surface area contributed by atoms with Crippen LogP contribution in [0.4, 0.5) is 0 Å². The van der Waals surface area contributed by atoms with Crippen LogP contribution in [-0.2, 0) is 11.3 Å². The second-order valence-electron chi connectivity index (χ2n) is 7.25. The van der Waals surface area contributed by atoms with E-state index in [1.807, 2.05) is 29.2 Å². The molecule has 0 aromatic heterocycles. The molecule has 5 heteroatoms. The molecule has 2 aliphatic heterocycles. The first-order valence-corrected chi connectivity index (χ1v) is 9.50. The summed E-state index contributed by atoms with van der Waals surface area (Å²) in [5.74, 6) is 0.0925. The highest BCUT2D eigenvalue weighted by atomic mass is 16.2. The van der Waals surface area contributed by atoms with Gasteiger partial charge in [0, 0.05) is 38.2 Å². The molecule has 5 nitrogen and oxygen atoms in total. The topological polar surface area (TPSA) is 52.7 Å². The van der Waals surface area contributed by atoms with E-state index in [0.29, 0.717) is 12.6 Å². The molecule has 0 bridgehead atoms. The molecule has 136 valence electrons. The molecule has 1 aromatic carbocycles. The number of benzene rings is 1. The van der Waals surface area contributed by atoms with Gasteiger partial charge < -0.3 is 10.2 Å². The lowest BCUT2D eigenvalue weighted by Gasteiger charge is -2.30. The third kappa shape index (κ3) is 4.82. The zero-order valence-electron chi connectivity index (χ0n) is 15.2. The maximum Gasteiger partial charge on any atom is 0.253 e. The van der Waals surface area contributed by atoms with Gasteiger partial charge in [0.2, 0.25) is 5.91 Å². The Morgan fingerprint density at radius 3 is 2.40 bits per heavy atom. The van der Waals surface area contributed by atoms with Gasteiger partial charge in [-0.05, 0) is 56.5 Å². The Kier molecular flexibility index (Phi) is 6.08. The summed E-state index contributed by atoms with van der Waals surface area (Å²) in [4.78, 5) is 28.5. The summed E-state index contributed by atoms with van der Waals surface area (Å²) in [6.45, 7) is 6.09. The molecule has 1 N–H and O–H groups in total. The van der Waals surface area contributed by atoms with Gasteiger partial charge >= 0.3 is 0 Å². The largest absolute Gasteiger partial charge is 0.352 e. The summed E-state index contributed by atoms with van der Waals surface area (Å²) in [6.07, 6.45) is 6.09. The second kappa shape index (κ2) is 8.48. The Labute approximate surface area is 150 Å². The molecular formula is C20H29N3O2. The fourth-order valence-corrected chi connectivity index (χ4v) is 3.88. The molecule has 2 fully saturated rings. The van der Waals surface area contributed by atoms with E-state index in [4.69, 9.17) is 0 Å². The zero-order chi connectivity index (χ0) is 17.6. The van der Waals surface area contributed by atoms with Crippen LogP contribution in [0.2, 0.25) is 0 Å². The number of hydrogen-bond donors (Lipinski definition) is 1. The fraction of sp³-hybridized carbons (Fsp3) is 0.600. The molecule has 25 heavy (non-hydrogen) atoms. The molecule has 1 atom stereocenters. The van der Waals surface area contributed by atoms with Crippen molar-refractivity contribution in [3.05, 3.63) is 35.4 Å². The number of hydrogen-bond acceptors (Lipinski definition) is 3. The molecule has 2 aliphatic rings. The fourth-order valence-electron chi connectivity index (χ4n) is 3.88. The van der Waals surface area contributed by atoms with Crippen LogP contribution in [0, 0.1) is 0 Å². The van der Waals surface area contributed by atoms with Crippen molar-refractivity contribution >= 4 is 11.8 Å². The lowest BCUT2D eigenvalue weighted by atomic mass is 10.1. The van der Waals surface area contributed by atoms with Gasteiger partial charge in [0.25, 0.3) is 5.91 Å². The number of nitrogens with zero attached hydrogens (tertiary/aromatic N) is 2. The molecule has 2 heterocycles. The van der Waals surface area contributed by atoms with Gasteiger partial charge in [-0.3, -0.25) is 14.5 Å². The maximum absolute atomic E-state index is 12.9. The summed E-state index contributed by atoms with van der Waals surface area (Å²) >= 11 is 0. The summed E-state index contributed by atoms with van der Waals surface area (Å²) in [5, 5.41) is 2.78. The van der Waals surface area contributed by atoms with E-state index in [0.717, 1.165) is 30.6 Å². The molecule has 1 aromatic rings. The van der Waals surface area contributed by atoms with Crippen molar-refractivity contribution in [2.24, 2.45) is 0 Å². The highest BCUT2D eigenvalue weighted by Crippen LogP contribution is 2.21. The van der Waals surface area contributed by atoms with Gasteiger partial charge in [-0.25, -0.2) is 0 Å². The summed E-state index contributed by atoms with van der Waals surface area (Å²) in [5.41, 5.74) is 1.76. The van der Waals surface area contributed by atoms with Crippen LogP contribution in [0.15, 0.2) is 24.3 Å². The number of carbonyl (C=O) groups is 2. The van der Waals surface area contributed by atoms with Crippen LogP contribution < -0.4 is 5.32 Å². The van der Waals surface area contributed by atoms with Gasteiger partial charge in [0.1, 0.15) is 0 Å². The van der Waals surface area contributed by atoms with Crippen LogP contribution in [0.1, 0.15) is 54.9 Å². The first-order valence-electron chi connectivity index (χ1n) is 9.50. The van der Waals surface area contributed by atoms with Gasteiger partial charge in [0.05, 0.1) is 0 Å². The van der Waals surface area contributed by atoms with Crippen molar-refractivity contribution in [3.8, 4) is 0 Å². The minimum Gasteiger partial charge on any atom is -0.352 e. The van der Waals surface area contributed by atoms with Crippen molar-refractivity contribution in [2.45, 2.75) is 51.6 Å². The number of carbonyl (C=O) groups excluding carboxylic acids is 2. The standard InChI is InChI=1S/C20H29N3O2/c1-16(24)21-14-17-7-9-18(10-8-17)20(25)23-13-3-2-6-19(15-23)22-11-4-5-12-22/h7-10,19H,2-6,11-15H2,1H3,(H,21,24)/t19-/m1/s1. The molecule has 2 amide bonds. The van der Waals surface area contributed by atoms with E-state index in [1.165, 1.54) is 45.7 Å². The average molecular weight is 343 g/mol. The van der Waals surface area contributed by atoms with Crippen LogP contribution >= 0.6 is 0 Å². The Morgan fingerprint density at radius 1 is 1.04 bits per heavy atom. The first kappa shape index (κ1) is 17.9. The third-order valence-electron chi connectivity index (χ3n) is 5.33. The minimum absolute atomic E-state index is 0.0438. The minimum atomic E-state index is -0.0438. The monoisotopic (exact) mass is 343 g/mol. The van der Waals surface area contributed by atoms with Gasteiger partial charge in [0.15, 0.2) is 0 Å². The molecular weight excluding hydrogens is 314 g/mol. The van der Waals surface area contributed by atoms with E-state index >= 15 is 0 Å². The average Bonchev–Trinajstić information content (AvgIpc) is 3.04. The van der Waals surface area contributed by atoms with E-state index in [-0.39, 0.29) is 11.8 Å². The van der Waals surface area contributed by atoms with Crippen molar-refractivity contribution in [1.82, 2.24) is 15.1 Å². The Morgan fingerprint density at radius 2 is 1.72 bits per heavy atom. The van der Waals surface area contributed by atoms with Crippen molar-refractivity contribution in [2.75, 3.05) is 26.2 Å². The van der Waals surface area contributed by atoms with Crippen LogP contribution in [0.5, 0.6) is 0 Å². The summed E-state index contributed by atoms with van der Waals surface area (Å²) in [7, 11) is 0. The third-order valence-corrected chi connectivity index (χ3v) is 5.33. The second-order valence-corrected chi connectivity index (χ2v) is 7.25. The highest BCUT2D eigenvalue weighted by molar-refractivity contribution is 5.94. The Balaban J connectivity index is 1.63. The van der Waals surface area contributed by atoms with Gasteiger partial charge in [-0.15, -0.1) is 0 Å². The van der Waals surface area contributed by atoms with E-state index < -0.39 is 0 Å². The molecule has 0 unspecified atom stereocenters. The van der Waals surface area contributed by atoms with Crippen LogP contribution in [0.3, 0.4) is 0 Å². The van der Waals surface area contributed by atoms with Crippen LogP contribution in [-0.4, -0.2) is 53.8 Å². The number of amides is 2. The molecule has 2 saturated heterocycles.